The Morgan fingerprint density at radius 2 is 1.71 bits per heavy atom. The molecule has 0 aromatic heterocycles. The number of hydrogen-bond acceptors (Lipinski definition) is 2. The Morgan fingerprint density at radius 1 is 1.04 bits per heavy atom. The topological polar surface area (TPSA) is 53.6 Å². The van der Waals surface area contributed by atoms with Gasteiger partial charge in [-0.05, 0) is 43.7 Å². The van der Waals surface area contributed by atoms with Crippen LogP contribution in [0, 0.1) is 0 Å². The summed E-state index contributed by atoms with van der Waals surface area (Å²) < 4.78 is 0. The van der Waals surface area contributed by atoms with Crippen LogP contribution in [-0.2, 0) is 6.54 Å². The van der Waals surface area contributed by atoms with Crippen LogP contribution in [0.15, 0.2) is 29.3 Å². The molecule has 1 aliphatic heterocycles. The minimum atomic E-state index is 0. The lowest BCUT2D eigenvalue weighted by Gasteiger charge is -2.30. The summed E-state index contributed by atoms with van der Waals surface area (Å²) >= 11 is 0. The first-order valence-corrected chi connectivity index (χ1v) is 9.22. The Labute approximate surface area is 163 Å². The van der Waals surface area contributed by atoms with E-state index in [-0.39, 0.29) is 24.0 Å². The van der Waals surface area contributed by atoms with Gasteiger partial charge in [-0.3, -0.25) is 0 Å². The average molecular weight is 442 g/mol. The Balaban J connectivity index is 0.00000208. The Hall–Kier alpha value is -0.980. The normalized spacial score (nSPS) is 19.7. The van der Waals surface area contributed by atoms with E-state index in [2.05, 4.69) is 39.5 Å². The number of piperidine rings is 1. The van der Waals surface area contributed by atoms with Gasteiger partial charge in [0.1, 0.15) is 0 Å². The fraction of sp³-hybridized carbons (Fsp3) is 0.632. The van der Waals surface area contributed by atoms with Crippen molar-refractivity contribution in [3.63, 3.8) is 0 Å². The van der Waals surface area contributed by atoms with Crippen LogP contribution in [0.3, 0.4) is 0 Å². The van der Waals surface area contributed by atoms with Gasteiger partial charge in [-0.25, -0.2) is 4.99 Å². The third-order valence-corrected chi connectivity index (χ3v) is 5.07. The summed E-state index contributed by atoms with van der Waals surface area (Å²) in [5.41, 5.74) is 8.72. The molecule has 0 atom stereocenters. The maximum Gasteiger partial charge on any atom is 0.189 e. The molecule has 2 aliphatic rings. The van der Waals surface area contributed by atoms with E-state index in [0.29, 0.717) is 18.5 Å². The number of nitrogens with one attached hydrogen (secondary N) is 1. The highest BCUT2D eigenvalue weighted by atomic mass is 127. The van der Waals surface area contributed by atoms with Crippen LogP contribution in [0.2, 0.25) is 0 Å². The zero-order valence-electron chi connectivity index (χ0n) is 14.5. The predicted octanol–water partition coefficient (Wildman–Crippen LogP) is 4.03. The molecule has 24 heavy (non-hydrogen) atoms. The summed E-state index contributed by atoms with van der Waals surface area (Å²) in [6.45, 7) is 2.99. The zero-order chi connectivity index (χ0) is 15.9. The smallest absolute Gasteiger partial charge is 0.189 e. The van der Waals surface area contributed by atoms with Crippen molar-refractivity contribution in [2.45, 2.75) is 64.0 Å². The first-order valence-electron chi connectivity index (χ1n) is 9.22. The van der Waals surface area contributed by atoms with E-state index in [1.165, 1.54) is 62.6 Å². The molecule has 3 rings (SSSR count). The number of halogens is 1. The van der Waals surface area contributed by atoms with E-state index in [9.17, 15) is 0 Å². The van der Waals surface area contributed by atoms with E-state index in [0.717, 1.165) is 13.1 Å². The van der Waals surface area contributed by atoms with E-state index in [1.54, 1.807) is 0 Å². The van der Waals surface area contributed by atoms with Gasteiger partial charge in [0.05, 0.1) is 6.54 Å². The predicted molar refractivity (Wildman–Crippen MR) is 113 cm³/mol. The second-order valence-corrected chi connectivity index (χ2v) is 6.86. The largest absolute Gasteiger partial charge is 0.371 e. The number of para-hydroxylation sites is 1. The van der Waals surface area contributed by atoms with Crippen LogP contribution in [0.1, 0.15) is 56.9 Å². The van der Waals surface area contributed by atoms with Crippen molar-refractivity contribution >= 4 is 35.6 Å². The lowest BCUT2D eigenvalue weighted by molar-refractivity contribution is 0.412. The number of guanidine groups is 1. The molecule has 134 valence electrons. The molecule has 2 fully saturated rings. The summed E-state index contributed by atoms with van der Waals surface area (Å²) in [5.74, 6) is 0.602. The molecule has 0 unspecified atom stereocenters. The van der Waals surface area contributed by atoms with Crippen LogP contribution >= 0.6 is 24.0 Å². The quantitative estimate of drug-likeness (QED) is 0.421. The highest BCUT2D eigenvalue weighted by Crippen LogP contribution is 2.24. The van der Waals surface area contributed by atoms with Gasteiger partial charge in [0, 0.05) is 24.8 Å². The zero-order valence-corrected chi connectivity index (χ0v) is 16.9. The van der Waals surface area contributed by atoms with Gasteiger partial charge < -0.3 is 16.0 Å². The number of aliphatic imine (C=N–C) groups is 1. The third-order valence-electron chi connectivity index (χ3n) is 5.07. The lowest BCUT2D eigenvalue weighted by atomic mass is 9.96. The highest BCUT2D eigenvalue weighted by molar-refractivity contribution is 14.0. The molecular weight excluding hydrogens is 411 g/mol. The third kappa shape index (κ3) is 5.53. The van der Waals surface area contributed by atoms with Crippen LogP contribution in [0.5, 0.6) is 0 Å². The second kappa shape index (κ2) is 10.1. The number of nitrogens with zero attached hydrogens (tertiary/aromatic N) is 2. The number of rotatable bonds is 4. The fourth-order valence-electron chi connectivity index (χ4n) is 3.76. The van der Waals surface area contributed by atoms with Gasteiger partial charge in [-0.2, -0.15) is 0 Å². The molecule has 5 heteroatoms. The maximum absolute atomic E-state index is 6.11. The van der Waals surface area contributed by atoms with Gasteiger partial charge in [-0.15, -0.1) is 24.0 Å². The Morgan fingerprint density at radius 3 is 2.46 bits per heavy atom. The molecule has 0 amide bonds. The molecule has 1 saturated carbocycles. The molecule has 0 bridgehead atoms. The molecule has 0 radical (unpaired) electrons. The van der Waals surface area contributed by atoms with Gasteiger partial charge in [0.15, 0.2) is 5.96 Å². The first kappa shape index (κ1) is 19.3. The van der Waals surface area contributed by atoms with Crippen molar-refractivity contribution in [1.82, 2.24) is 5.32 Å². The molecule has 4 nitrogen and oxygen atoms in total. The standard InChI is InChI=1S/C19H30N4.HI/c20-19(22-17-10-3-1-4-11-17)21-15-16-9-5-6-12-18(16)23-13-7-2-8-14-23;/h5-6,9,12,17H,1-4,7-8,10-11,13-15H2,(H3,20,21,22);1H. The van der Waals surface area contributed by atoms with Crippen molar-refractivity contribution < 1.29 is 0 Å². The summed E-state index contributed by atoms with van der Waals surface area (Å²) in [5, 5.41) is 3.40. The summed E-state index contributed by atoms with van der Waals surface area (Å²) in [6.07, 6.45) is 10.4. The van der Waals surface area contributed by atoms with Crippen LogP contribution < -0.4 is 16.0 Å². The monoisotopic (exact) mass is 442 g/mol. The number of hydrogen-bond donors (Lipinski definition) is 2. The summed E-state index contributed by atoms with van der Waals surface area (Å²) in [6, 6.07) is 9.15. The molecule has 1 aliphatic carbocycles. The molecule has 1 saturated heterocycles. The summed E-state index contributed by atoms with van der Waals surface area (Å²) in [4.78, 5) is 7.10. The van der Waals surface area contributed by atoms with Crippen LogP contribution in [-0.4, -0.2) is 25.1 Å². The Bertz CT molecular complexity index is 520. The minimum Gasteiger partial charge on any atom is -0.371 e. The van der Waals surface area contributed by atoms with Gasteiger partial charge >= 0.3 is 0 Å². The van der Waals surface area contributed by atoms with E-state index >= 15 is 0 Å². The number of nitrogens with two attached hydrogens (primary N) is 1. The van der Waals surface area contributed by atoms with E-state index in [1.807, 2.05) is 0 Å². The highest BCUT2D eigenvalue weighted by Gasteiger charge is 2.15. The lowest BCUT2D eigenvalue weighted by Crippen LogP contribution is -2.41. The van der Waals surface area contributed by atoms with Crippen LogP contribution in [0.4, 0.5) is 5.69 Å². The van der Waals surface area contributed by atoms with Crippen molar-refractivity contribution in [3.05, 3.63) is 29.8 Å². The van der Waals surface area contributed by atoms with Gasteiger partial charge in [-0.1, -0.05) is 37.5 Å². The van der Waals surface area contributed by atoms with E-state index < -0.39 is 0 Å². The van der Waals surface area contributed by atoms with E-state index in [4.69, 9.17) is 5.73 Å². The summed E-state index contributed by atoms with van der Waals surface area (Å²) in [7, 11) is 0. The second-order valence-electron chi connectivity index (χ2n) is 6.86. The number of anilines is 1. The molecule has 3 N–H and O–H groups in total. The van der Waals surface area contributed by atoms with Crippen LogP contribution in [0.25, 0.3) is 0 Å². The van der Waals surface area contributed by atoms with Crippen molar-refractivity contribution in [2.75, 3.05) is 18.0 Å². The van der Waals surface area contributed by atoms with Crippen molar-refractivity contribution in [1.29, 1.82) is 0 Å². The maximum atomic E-state index is 6.11. The van der Waals surface area contributed by atoms with Crippen molar-refractivity contribution in [2.24, 2.45) is 10.7 Å². The van der Waals surface area contributed by atoms with Gasteiger partial charge in [0.25, 0.3) is 0 Å². The average Bonchev–Trinajstić information content (AvgIpc) is 2.62. The Kier molecular flexibility index (Phi) is 8.15. The molecular formula is C19H31IN4. The molecule has 0 spiro atoms. The minimum absolute atomic E-state index is 0. The first-order chi connectivity index (χ1) is 11.3. The molecule has 1 aromatic carbocycles. The fourth-order valence-corrected chi connectivity index (χ4v) is 3.76. The number of benzene rings is 1. The SMILES string of the molecule is I.NC(=NCc1ccccc1N1CCCCC1)NC1CCCCC1. The molecule has 1 heterocycles. The van der Waals surface area contributed by atoms with Gasteiger partial charge in [0.2, 0.25) is 0 Å². The molecule has 1 aromatic rings. The van der Waals surface area contributed by atoms with Crippen molar-refractivity contribution in [3.8, 4) is 0 Å².